The average molecular weight is 308 g/mol. The van der Waals surface area contributed by atoms with Gasteiger partial charge < -0.3 is 15.0 Å². The first-order valence-electron chi connectivity index (χ1n) is 7.74. The molecule has 1 aliphatic heterocycles. The summed E-state index contributed by atoms with van der Waals surface area (Å²) in [7, 11) is 0. The van der Waals surface area contributed by atoms with Gasteiger partial charge in [0.15, 0.2) is 0 Å². The smallest absolute Gasteiger partial charge is 0.410 e. The molecule has 2 atom stereocenters. The zero-order valence-electron chi connectivity index (χ0n) is 13.7. The topological polar surface area (TPSA) is 41.6 Å². The first-order chi connectivity index (χ1) is 10.2. The van der Waals surface area contributed by atoms with E-state index >= 15 is 0 Å². The van der Waals surface area contributed by atoms with E-state index in [-0.39, 0.29) is 18.0 Å². The van der Waals surface area contributed by atoms with Gasteiger partial charge in [-0.25, -0.2) is 9.18 Å². The number of carbonyl (C=O) groups excluding carboxylic acids is 1. The Balaban J connectivity index is 1.90. The summed E-state index contributed by atoms with van der Waals surface area (Å²) in [6.07, 6.45) is 0.595. The van der Waals surface area contributed by atoms with Gasteiger partial charge in [-0.2, -0.15) is 0 Å². The Morgan fingerprint density at radius 2 is 1.95 bits per heavy atom. The molecule has 122 valence electrons. The molecule has 5 heteroatoms. The lowest BCUT2D eigenvalue weighted by Crippen LogP contribution is -2.48. The minimum atomic E-state index is -0.469. The second-order valence-corrected chi connectivity index (χ2v) is 6.95. The number of amides is 1. The van der Waals surface area contributed by atoms with Gasteiger partial charge in [0.2, 0.25) is 0 Å². The largest absolute Gasteiger partial charge is 0.444 e. The molecule has 0 saturated carbocycles. The van der Waals surface area contributed by atoms with Gasteiger partial charge in [-0.15, -0.1) is 0 Å². The van der Waals surface area contributed by atoms with Gasteiger partial charge in [0, 0.05) is 24.8 Å². The quantitative estimate of drug-likeness (QED) is 0.901. The third-order valence-electron chi connectivity index (χ3n) is 3.75. The highest BCUT2D eigenvalue weighted by Gasteiger charge is 2.31. The van der Waals surface area contributed by atoms with Crippen LogP contribution in [0.5, 0.6) is 0 Å². The lowest BCUT2D eigenvalue weighted by atomic mass is 9.94. The van der Waals surface area contributed by atoms with Gasteiger partial charge in [0.25, 0.3) is 0 Å². The molecule has 1 saturated heterocycles. The molecule has 0 spiro atoms. The highest BCUT2D eigenvalue weighted by molar-refractivity contribution is 5.68. The van der Waals surface area contributed by atoms with Crippen molar-refractivity contribution < 1.29 is 13.9 Å². The summed E-state index contributed by atoms with van der Waals surface area (Å²) in [6.45, 7) is 9.05. The van der Waals surface area contributed by atoms with Crippen LogP contribution in [-0.2, 0) is 4.74 Å². The number of piperidine rings is 1. The molecule has 0 bridgehead atoms. The van der Waals surface area contributed by atoms with Crippen LogP contribution in [0.1, 0.15) is 34.1 Å². The van der Waals surface area contributed by atoms with E-state index < -0.39 is 5.60 Å². The van der Waals surface area contributed by atoms with Gasteiger partial charge in [0.05, 0.1) is 0 Å². The van der Waals surface area contributed by atoms with Crippen LogP contribution in [0.4, 0.5) is 14.9 Å². The Labute approximate surface area is 131 Å². The molecular formula is C17H25FN2O2. The highest BCUT2D eigenvalue weighted by Crippen LogP contribution is 2.23. The van der Waals surface area contributed by atoms with Crippen LogP contribution >= 0.6 is 0 Å². The van der Waals surface area contributed by atoms with E-state index in [1.807, 2.05) is 20.8 Å². The second kappa shape index (κ2) is 6.55. The van der Waals surface area contributed by atoms with Crippen LogP contribution in [-0.4, -0.2) is 35.7 Å². The number of halogens is 1. The maximum absolute atomic E-state index is 12.9. The Kier molecular flexibility index (Phi) is 4.94. The Hall–Kier alpha value is -1.78. The number of likely N-dealkylation sites (tertiary alicyclic amines) is 1. The fourth-order valence-corrected chi connectivity index (χ4v) is 2.61. The molecule has 1 N–H and O–H groups in total. The number of benzene rings is 1. The van der Waals surface area contributed by atoms with Gasteiger partial charge >= 0.3 is 6.09 Å². The zero-order chi connectivity index (χ0) is 16.3. The van der Waals surface area contributed by atoms with Crippen molar-refractivity contribution in [1.29, 1.82) is 0 Å². The summed E-state index contributed by atoms with van der Waals surface area (Å²) >= 11 is 0. The Morgan fingerprint density at radius 1 is 1.32 bits per heavy atom. The number of carbonyl (C=O) groups is 1. The predicted molar refractivity (Wildman–Crippen MR) is 85.4 cm³/mol. The maximum Gasteiger partial charge on any atom is 0.410 e. The molecule has 4 nitrogen and oxygen atoms in total. The lowest BCUT2D eigenvalue weighted by Gasteiger charge is -2.38. The summed E-state index contributed by atoms with van der Waals surface area (Å²) in [4.78, 5) is 13.9. The maximum atomic E-state index is 12.9. The number of rotatable bonds is 2. The predicted octanol–water partition coefficient (Wildman–Crippen LogP) is 3.88. The second-order valence-electron chi connectivity index (χ2n) is 6.95. The molecule has 22 heavy (non-hydrogen) atoms. The fraction of sp³-hybridized carbons (Fsp3) is 0.588. The van der Waals surface area contributed by atoms with E-state index in [4.69, 9.17) is 4.74 Å². The highest BCUT2D eigenvalue weighted by atomic mass is 19.1. The van der Waals surface area contributed by atoms with Crippen molar-refractivity contribution in [3.05, 3.63) is 30.1 Å². The molecule has 1 amide bonds. The normalized spacial score (nSPS) is 22.3. The van der Waals surface area contributed by atoms with Crippen LogP contribution in [0.15, 0.2) is 24.3 Å². The van der Waals surface area contributed by atoms with Crippen molar-refractivity contribution in [2.75, 3.05) is 18.4 Å². The molecular weight excluding hydrogens is 283 g/mol. The summed E-state index contributed by atoms with van der Waals surface area (Å²) in [5, 5.41) is 3.42. The van der Waals surface area contributed by atoms with Crippen LogP contribution < -0.4 is 5.32 Å². The van der Waals surface area contributed by atoms with E-state index in [0.29, 0.717) is 19.0 Å². The number of hydrogen-bond donors (Lipinski definition) is 1. The number of ether oxygens (including phenoxy) is 1. The van der Waals surface area contributed by atoms with E-state index in [1.54, 1.807) is 17.0 Å². The van der Waals surface area contributed by atoms with Gasteiger partial charge in [-0.3, -0.25) is 0 Å². The van der Waals surface area contributed by atoms with Crippen molar-refractivity contribution >= 4 is 11.8 Å². The summed E-state index contributed by atoms with van der Waals surface area (Å²) in [6, 6.07) is 6.64. The third kappa shape index (κ3) is 4.61. The van der Waals surface area contributed by atoms with Crippen molar-refractivity contribution in [2.24, 2.45) is 5.92 Å². The Morgan fingerprint density at radius 3 is 2.50 bits per heavy atom. The van der Waals surface area contributed by atoms with E-state index in [1.165, 1.54) is 12.1 Å². The monoisotopic (exact) mass is 308 g/mol. The van der Waals surface area contributed by atoms with Crippen LogP contribution in [0.3, 0.4) is 0 Å². The lowest BCUT2D eigenvalue weighted by molar-refractivity contribution is 0.0165. The molecule has 1 aromatic carbocycles. The molecule has 2 unspecified atom stereocenters. The number of nitrogens with zero attached hydrogens (tertiary/aromatic N) is 1. The first-order valence-corrected chi connectivity index (χ1v) is 7.74. The number of hydrogen-bond acceptors (Lipinski definition) is 3. The minimum absolute atomic E-state index is 0.238. The molecule has 1 aromatic rings. The van der Waals surface area contributed by atoms with Gasteiger partial charge in [0.1, 0.15) is 11.4 Å². The van der Waals surface area contributed by atoms with E-state index in [2.05, 4.69) is 12.2 Å². The van der Waals surface area contributed by atoms with Gasteiger partial charge in [-0.1, -0.05) is 6.92 Å². The SMILES string of the molecule is CC1CN(C(=O)OC(C)(C)C)CCC1Nc1ccc(F)cc1. The van der Waals surface area contributed by atoms with E-state index in [0.717, 1.165) is 12.1 Å². The number of anilines is 1. The zero-order valence-corrected chi connectivity index (χ0v) is 13.7. The molecule has 1 heterocycles. The molecule has 0 radical (unpaired) electrons. The van der Waals surface area contributed by atoms with Crippen LogP contribution in [0.2, 0.25) is 0 Å². The van der Waals surface area contributed by atoms with Crippen molar-refractivity contribution in [2.45, 2.75) is 45.8 Å². The average Bonchev–Trinajstić information content (AvgIpc) is 2.41. The van der Waals surface area contributed by atoms with E-state index in [9.17, 15) is 9.18 Å². The molecule has 0 aromatic heterocycles. The Bertz CT molecular complexity index is 510. The third-order valence-corrected chi connectivity index (χ3v) is 3.75. The van der Waals surface area contributed by atoms with Crippen LogP contribution in [0.25, 0.3) is 0 Å². The first kappa shape index (κ1) is 16.6. The summed E-state index contributed by atoms with van der Waals surface area (Å²) < 4.78 is 18.3. The molecule has 0 aliphatic carbocycles. The summed E-state index contributed by atoms with van der Waals surface area (Å²) in [5.41, 5.74) is 0.438. The molecule has 2 rings (SSSR count). The molecule has 1 fully saturated rings. The van der Waals surface area contributed by atoms with Crippen molar-refractivity contribution in [3.63, 3.8) is 0 Å². The van der Waals surface area contributed by atoms with Crippen LogP contribution in [0, 0.1) is 11.7 Å². The standard InChI is InChI=1S/C17H25FN2O2/c1-12-11-20(16(21)22-17(2,3)4)10-9-15(12)19-14-7-5-13(18)6-8-14/h5-8,12,15,19H,9-11H2,1-4H3. The van der Waals surface area contributed by atoms with Crippen molar-refractivity contribution in [3.8, 4) is 0 Å². The van der Waals surface area contributed by atoms with Crippen molar-refractivity contribution in [1.82, 2.24) is 4.90 Å². The summed E-state index contributed by atoms with van der Waals surface area (Å²) in [5.74, 6) is 0.0599. The number of nitrogens with one attached hydrogen (secondary N) is 1. The molecule has 1 aliphatic rings. The fourth-order valence-electron chi connectivity index (χ4n) is 2.61. The van der Waals surface area contributed by atoms with Gasteiger partial charge in [-0.05, 0) is 57.4 Å². The minimum Gasteiger partial charge on any atom is -0.444 e.